The molecule has 0 saturated heterocycles. The van der Waals surface area contributed by atoms with Crippen LogP contribution in [0.5, 0.6) is 0 Å². The average molecular weight is 289 g/mol. The molecule has 1 heterocycles. The maximum Gasteiger partial charge on any atom is 0.165 e. The Morgan fingerprint density at radius 3 is 2.60 bits per heavy atom. The number of carbonyl (C=O) groups excluding carboxylic acids is 1. The van der Waals surface area contributed by atoms with Gasteiger partial charge in [-0.3, -0.25) is 9.78 Å². The highest BCUT2D eigenvalue weighted by atomic mass is 35.5. The van der Waals surface area contributed by atoms with Crippen LogP contribution in [0.2, 0.25) is 5.02 Å². The third-order valence-electron chi connectivity index (χ3n) is 3.10. The fourth-order valence-corrected chi connectivity index (χ4v) is 2.23. The van der Waals surface area contributed by atoms with E-state index in [9.17, 15) is 4.79 Å². The summed E-state index contributed by atoms with van der Waals surface area (Å²) in [5.74, 6) is 0.0807. The molecule has 2 aromatic rings. The lowest BCUT2D eigenvalue weighted by Gasteiger charge is -2.16. The van der Waals surface area contributed by atoms with Gasteiger partial charge in [-0.15, -0.1) is 0 Å². The van der Waals surface area contributed by atoms with E-state index in [1.807, 2.05) is 31.3 Å². The molecule has 0 amide bonds. The second-order valence-corrected chi connectivity index (χ2v) is 5.15. The van der Waals surface area contributed by atoms with Gasteiger partial charge < -0.3 is 4.90 Å². The largest absolute Gasteiger partial charge is 0.302 e. The van der Waals surface area contributed by atoms with Gasteiger partial charge in [-0.05, 0) is 36.9 Å². The molecule has 0 radical (unpaired) electrons. The fourth-order valence-electron chi connectivity index (χ4n) is 1.99. The number of nitrogens with zero attached hydrogens (tertiary/aromatic N) is 2. The molecule has 0 unspecified atom stereocenters. The van der Waals surface area contributed by atoms with E-state index in [1.54, 1.807) is 24.5 Å². The molecule has 0 aliphatic heterocycles. The van der Waals surface area contributed by atoms with Gasteiger partial charge in [-0.1, -0.05) is 23.7 Å². The van der Waals surface area contributed by atoms with Crippen molar-refractivity contribution in [2.24, 2.45) is 0 Å². The number of halogens is 1. The van der Waals surface area contributed by atoms with Crippen LogP contribution in [0.4, 0.5) is 0 Å². The van der Waals surface area contributed by atoms with Gasteiger partial charge in [0.25, 0.3) is 0 Å². The van der Waals surface area contributed by atoms with Crippen LogP contribution in [0, 0.1) is 0 Å². The van der Waals surface area contributed by atoms with Crippen molar-refractivity contribution < 1.29 is 4.79 Å². The summed E-state index contributed by atoms with van der Waals surface area (Å²) in [4.78, 5) is 18.2. The molecule has 104 valence electrons. The highest BCUT2D eigenvalue weighted by molar-refractivity contribution is 6.33. The van der Waals surface area contributed by atoms with Crippen LogP contribution in [-0.4, -0.2) is 29.3 Å². The molecule has 0 spiro atoms. The van der Waals surface area contributed by atoms with Gasteiger partial charge in [0.15, 0.2) is 5.78 Å². The SMILES string of the molecule is CN(CCC(=O)c1ccccc1Cl)Cc1ccncc1. The van der Waals surface area contributed by atoms with Crippen molar-refractivity contribution in [2.45, 2.75) is 13.0 Å². The molecule has 0 N–H and O–H groups in total. The Kier molecular flexibility index (Phi) is 5.27. The Morgan fingerprint density at radius 1 is 1.20 bits per heavy atom. The predicted octanol–water partition coefficient (Wildman–Crippen LogP) is 3.44. The molecule has 0 atom stereocenters. The van der Waals surface area contributed by atoms with Gasteiger partial charge in [0.05, 0.1) is 5.02 Å². The topological polar surface area (TPSA) is 33.2 Å². The number of Topliss-reactive ketones (excluding diaryl/α,β-unsaturated/α-hetero) is 1. The van der Waals surface area contributed by atoms with Crippen LogP contribution in [0.25, 0.3) is 0 Å². The summed E-state index contributed by atoms with van der Waals surface area (Å²) in [6, 6.07) is 11.1. The molecule has 2 rings (SSSR count). The molecule has 1 aromatic carbocycles. The molecule has 4 heteroatoms. The minimum atomic E-state index is 0.0807. The number of pyridine rings is 1. The van der Waals surface area contributed by atoms with Gasteiger partial charge >= 0.3 is 0 Å². The molecule has 0 aliphatic carbocycles. The van der Waals surface area contributed by atoms with E-state index in [0.717, 1.165) is 6.54 Å². The molecule has 3 nitrogen and oxygen atoms in total. The first-order chi connectivity index (χ1) is 9.66. The normalized spacial score (nSPS) is 10.8. The number of rotatable bonds is 6. The van der Waals surface area contributed by atoms with Crippen molar-refractivity contribution in [1.82, 2.24) is 9.88 Å². The van der Waals surface area contributed by atoms with E-state index in [1.165, 1.54) is 5.56 Å². The van der Waals surface area contributed by atoms with Crippen molar-refractivity contribution in [1.29, 1.82) is 0 Å². The lowest BCUT2D eigenvalue weighted by Crippen LogP contribution is -2.21. The first kappa shape index (κ1) is 14.7. The van der Waals surface area contributed by atoms with Gasteiger partial charge in [-0.25, -0.2) is 0 Å². The van der Waals surface area contributed by atoms with Crippen LogP contribution >= 0.6 is 11.6 Å². The number of hydrogen-bond acceptors (Lipinski definition) is 3. The smallest absolute Gasteiger partial charge is 0.165 e. The Labute approximate surface area is 124 Å². The van der Waals surface area contributed by atoms with E-state index in [0.29, 0.717) is 23.6 Å². The molecule has 0 fully saturated rings. The number of benzene rings is 1. The predicted molar refractivity (Wildman–Crippen MR) is 81.0 cm³/mol. The van der Waals surface area contributed by atoms with Gasteiger partial charge in [0.1, 0.15) is 0 Å². The lowest BCUT2D eigenvalue weighted by molar-refractivity contribution is 0.0968. The maximum atomic E-state index is 12.1. The van der Waals surface area contributed by atoms with Gasteiger partial charge in [0.2, 0.25) is 0 Å². The molecule has 20 heavy (non-hydrogen) atoms. The second kappa shape index (κ2) is 7.17. The zero-order chi connectivity index (χ0) is 14.4. The van der Waals surface area contributed by atoms with Gasteiger partial charge in [0, 0.05) is 37.5 Å². The zero-order valence-corrected chi connectivity index (χ0v) is 12.2. The van der Waals surface area contributed by atoms with Crippen molar-refractivity contribution in [3.63, 3.8) is 0 Å². The summed E-state index contributed by atoms with van der Waals surface area (Å²) in [6.07, 6.45) is 4.02. The average Bonchev–Trinajstić information content (AvgIpc) is 2.46. The first-order valence-electron chi connectivity index (χ1n) is 6.52. The third kappa shape index (κ3) is 4.15. The molecule has 1 aromatic heterocycles. The highest BCUT2D eigenvalue weighted by Crippen LogP contribution is 2.16. The number of hydrogen-bond donors (Lipinski definition) is 0. The Bertz CT molecular complexity index is 572. The Balaban J connectivity index is 1.86. The fraction of sp³-hybridized carbons (Fsp3) is 0.250. The van der Waals surface area contributed by atoms with Crippen molar-refractivity contribution in [2.75, 3.05) is 13.6 Å². The Hall–Kier alpha value is -1.71. The molecular formula is C16H17ClN2O. The van der Waals surface area contributed by atoms with E-state index in [4.69, 9.17) is 11.6 Å². The summed E-state index contributed by atoms with van der Waals surface area (Å²) >= 11 is 6.02. The quantitative estimate of drug-likeness (QED) is 0.764. The van der Waals surface area contributed by atoms with Crippen LogP contribution in [0.3, 0.4) is 0 Å². The number of carbonyl (C=O) groups is 1. The van der Waals surface area contributed by atoms with Crippen LogP contribution in [-0.2, 0) is 6.54 Å². The summed E-state index contributed by atoms with van der Waals surface area (Å²) in [6.45, 7) is 1.50. The van der Waals surface area contributed by atoms with Crippen molar-refractivity contribution in [3.05, 3.63) is 64.9 Å². The van der Waals surface area contributed by atoms with E-state index >= 15 is 0 Å². The third-order valence-corrected chi connectivity index (χ3v) is 3.43. The molecule has 0 bridgehead atoms. The maximum absolute atomic E-state index is 12.1. The summed E-state index contributed by atoms with van der Waals surface area (Å²) < 4.78 is 0. The van der Waals surface area contributed by atoms with Crippen LogP contribution < -0.4 is 0 Å². The van der Waals surface area contributed by atoms with Crippen LogP contribution in [0.15, 0.2) is 48.8 Å². The summed E-state index contributed by atoms with van der Waals surface area (Å²) in [7, 11) is 2.00. The molecule has 0 aliphatic rings. The van der Waals surface area contributed by atoms with E-state index < -0.39 is 0 Å². The van der Waals surface area contributed by atoms with E-state index in [2.05, 4.69) is 9.88 Å². The summed E-state index contributed by atoms with van der Waals surface area (Å²) in [5.41, 5.74) is 1.79. The monoisotopic (exact) mass is 288 g/mol. The molecular weight excluding hydrogens is 272 g/mol. The summed E-state index contributed by atoms with van der Waals surface area (Å²) in [5, 5.41) is 0.522. The number of ketones is 1. The van der Waals surface area contributed by atoms with Crippen molar-refractivity contribution >= 4 is 17.4 Å². The standard InChI is InChI=1S/C16H17ClN2O/c1-19(12-13-6-9-18-10-7-13)11-8-16(20)14-4-2-3-5-15(14)17/h2-7,9-10H,8,11-12H2,1H3. The minimum Gasteiger partial charge on any atom is -0.302 e. The van der Waals surface area contributed by atoms with Crippen LogP contribution in [0.1, 0.15) is 22.3 Å². The first-order valence-corrected chi connectivity index (χ1v) is 6.90. The van der Waals surface area contributed by atoms with Crippen molar-refractivity contribution in [3.8, 4) is 0 Å². The molecule has 0 saturated carbocycles. The van der Waals surface area contributed by atoms with Gasteiger partial charge in [-0.2, -0.15) is 0 Å². The second-order valence-electron chi connectivity index (χ2n) is 4.75. The lowest BCUT2D eigenvalue weighted by atomic mass is 10.1. The zero-order valence-electron chi connectivity index (χ0n) is 11.4. The minimum absolute atomic E-state index is 0.0807. The highest BCUT2D eigenvalue weighted by Gasteiger charge is 2.10. The van der Waals surface area contributed by atoms with E-state index in [-0.39, 0.29) is 5.78 Å². The number of aromatic nitrogens is 1. The Morgan fingerprint density at radius 2 is 1.90 bits per heavy atom.